The van der Waals surface area contributed by atoms with Crippen molar-refractivity contribution in [1.29, 1.82) is 0 Å². The predicted octanol–water partition coefficient (Wildman–Crippen LogP) is 10.3. The van der Waals surface area contributed by atoms with Crippen molar-refractivity contribution in [3.63, 3.8) is 0 Å². The molecule has 2 amide bonds. The average molecular weight is 581 g/mol. The maximum absolute atomic E-state index is 12.9. The van der Waals surface area contributed by atoms with E-state index < -0.39 is 0 Å². The first-order valence-corrected chi connectivity index (χ1v) is 14.2. The fraction of sp³-hybridized carbons (Fsp3) is 0.111. The first kappa shape index (κ1) is 29.7. The van der Waals surface area contributed by atoms with E-state index in [1.807, 2.05) is 88.4 Å². The summed E-state index contributed by atoms with van der Waals surface area (Å²) >= 11 is 0. The number of aryl methyl sites for hydroxylation is 4. The summed E-state index contributed by atoms with van der Waals surface area (Å²) in [5, 5.41) is 23.2. The summed E-state index contributed by atoms with van der Waals surface area (Å²) in [6.07, 6.45) is 0. The van der Waals surface area contributed by atoms with Gasteiger partial charge in [0.1, 0.15) is 0 Å². The van der Waals surface area contributed by atoms with Gasteiger partial charge in [0, 0.05) is 22.5 Å². The number of azo groups is 2. The molecule has 8 heteroatoms. The van der Waals surface area contributed by atoms with Crippen LogP contribution in [0.2, 0.25) is 0 Å². The summed E-state index contributed by atoms with van der Waals surface area (Å²) in [5.41, 5.74) is 9.01. The fourth-order valence-electron chi connectivity index (χ4n) is 4.44. The molecule has 5 aromatic rings. The molecule has 0 saturated carbocycles. The molecular weight excluding hydrogens is 548 g/mol. The third kappa shape index (κ3) is 7.35. The van der Waals surface area contributed by atoms with Crippen LogP contribution in [0.5, 0.6) is 0 Å². The molecule has 8 nitrogen and oxygen atoms in total. The standard InChI is InChI=1S/C36H32N6O2/c1-23-9-5-7-11-33(23)41-39-29-17-19-31(25(3)21-29)37-35(43)27-13-15-28(16-14-27)36(44)38-32-20-18-30(22-26(32)4)40-42-34-12-8-6-10-24(34)2/h5-22H,1-4H3,(H,37,43)(H,38,44)/b41-39+,42-40+. The quantitative estimate of drug-likeness (QED) is 0.178. The molecule has 0 radical (unpaired) electrons. The van der Waals surface area contributed by atoms with Crippen LogP contribution in [0.25, 0.3) is 0 Å². The van der Waals surface area contributed by atoms with Gasteiger partial charge in [-0.05, 0) is 123 Å². The molecule has 0 fully saturated rings. The lowest BCUT2D eigenvalue weighted by Gasteiger charge is -2.11. The molecule has 44 heavy (non-hydrogen) atoms. The van der Waals surface area contributed by atoms with Crippen LogP contribution in [0.4, 0.5) is 34.1 Å². The zero-order valence-electron chi connectivity index (χ0n) is 25.0. The molecule has 0 heterocycles. The number of hydrogen-bond donors (Lipinski definition) is 2. The van der Waals surface area contributed by atoms with E-state index in [9.17, 15) is 9.59 Å². The summed E-state index contributed by atoms with van der Waals surface area (Å²) in [5.74, 6) is -0.554. The smallest absolute Gasteiger partial charge is 0.255 e. The van der Waals surface area contributed by atoms with E-state index in [0.29, 0.717) is 33.9 Å². The Morgan fingerprint density at radius 1 is 0.455 bits per heavy atom. The van der Waals surface area contributed by atoms with Crippen LogP contribution in [0.1, 0.15) is 43.0 Å². The highest BCUT2D eigenvalue weighted by Gasteiger charge is 2.12. The lowest BCUT2D eigenvalue weighted by atomic mass is 10.1. The normalized spacial score (nSPS) is 11.2. The fourth-order valence-corrected chi connectivity index (χ4v) is 4.44. The van der Waals surface area contributed by atoms with Gasteiger partial charge in [-0.15, -0.1) is 0 Å². The zero-order chi connectivity index (χ0) is 31.1. The van der Waals surface area contributed by atoms with Crippen molar-refractivity contribution in [2.45, 2.75) is 27.7 Å². The minimum Gasteiger partial charge on any atom is -0.322 e. The predicted molar refractivity (Wildman–Crippen MR) is 175 cm³/mol. The highest BCUT2D eigenvalue weighted by atomic mass is 16.2. The lowest BCUT2D eigenvalue weighted by molar-refractivity contribution is 0.101. The Morgan fingerprint density at radius 3 is 1.20 bits per heavy atom. The number of nitrogens with one attached hydrogen (secondary N) is 2. The molecule has 0 saturated heterocycles. The number of benzene rings is 5. The Bertz CT molecular complexity index is 1760. The number of amides is 2. The van der Waals surface area contributed by atoms with E-state index >= 15 is 0 Å². The van der Waals surface area contributed by atoms with E-state index in [1.165, 1.54) is 0 Å². The molecule has 0 aliphatic rings. The van der Waals surface area contributed by atoms with E-state index in [0.717, 1.165) is 33.6 Å². The van der Waals surface area contributed by atoms with Gasteiger partial charge in [-0.1, -0.05) is 36.4 Å². The van der Waals surface area contributed by atoms with Crippen LogP contribution in [0.3, 0.4) is 0 Å². The summed E-state index contributed by atoms with van der Waals surface area (Å²) < 4.78 is 0. The monoisotopic (exact) mass is 580 g/mol. The summed E-state index contributed by atoms with van der Waals surface area (Å²) in [7, 11) is 0. The lowest BCUT2D eigenvalue weighted by Crippen LogP contribution is -2.15. The van der Waals surface area contributed by atoms with Gasteiger partial charge in [0.05, 0.1) is 22.7 Å². The van der Waals surface area contributed by atoms with Crippen LogP contribution in [0.15, 0.2) is 130 Å². The molecule has 5 rings (SSSR count). The van der Waals surface area contributed by atoms with Crippen LogP contribution in [-0.4, -0.2) is 11.8 Å². The number of hydrogen-bond acceptors (Lipinski definition) is 6. The van der Waals surface area contributed by atoms with E-state index in [1.54, 1.807) is 48.5 Å². The minimum absolute atomic E-state index is 0.277. The Morgan fingerprint density at radius 2 is 0.841 bits per heavy atom. The Balaban J connectivity index is 1.19. The van der Waals surface area contributed by atoms with Gasteiger partial charge in [0.25, 0.3) is 11.8 Å². The minimum atomic E-state index is -0.277. The molecule has 5 aromatic carbocycles. The molecule has 0 aliphatic heterocycles. The molecule has 0 spiro atoms. The first-order chi connectivity index (χ1) is 21.3. The highest BCUT2D eigenvalue weighted by molar-refractivity contribution is 6.07. The number of anilines is 2. The van der Waals surface area contributed by atoms with Crippen molar-refractivity contribution in [2.75, 3.05) is 10.6 Å². The van der Waals surface area contributed by atoms with Crippen molar-refractivity contribution in [3.8, 4) is 0 Å². The van der Waals surface area contributed by atoms with E-state index in [-0.39, 0.29) is 11.8 Å². The Hall–Kier alpha value is -5.76. The Labute approximate surface area is 256 Å². The highest BCUT2D eigenvalue weighted by Crippen LogP contribution is 2.27. The number of nitrogens with zero attached hydrogens (tertiary/aromatic N) is 4. The van der Waals surface area contributed by atoms with Crippen LogP contribution in [-0.2, 0) is 0 Å². The van der Waals surface area contributed by atoms with Crippen molar-refractivity contribution >= 4 is 45.9 Å². The van der Waals surface area contributed by atoms with Gasteiger partial charge in [-0.3, -0.25) is 9.59 Å². The van der Waals surface area contributed by atoms with Crippen molar-refractivity contribution < 1.29 is 9.59 Å². The SMILES string of the molecule is Cc1ccccc1/N=N/c1ccc(NC(=O)c2ccc(C(=O)Nc3ccc(/N=N/c4ccccc4C)cc3C)cc2)c(C)c1. The average Bonchev–Trinajstić information content (AvgIpc) is 3.02. The van der Waals surface area contributed by atoms with E-state index in [4.69, 9.17) is 0 Å². The molecule has 0 aliphatic carbocycles. The van der Waals surface area contributed by atoms with Crippen LogP contribution < -0.4 is 10.6 Å². The van der Waals surface area contributed by atoms with Gasteiger partial charge in [0.15, 0.2) is 0 Å². The van der Waals surface area contributed by atoms with Crippen LogP contribution >= 0.6 is 0 Å². The topological polar surface area (TPSA) is 108 Å². The second-order valence-corrected chi connectivity index (χ2v) is 10.5. The Kier molecular flexibility index (Phi) is 9.10. The zero-order valence-corrected chi connectivity index (χ0v) is 25.0. The third-order valence-electron chi connectivity index (χ3n) is 7.10. The van der Waals surface area contributed by atoms with Gasteiger partial charge < -0.3 is 10.6 Å². The molecule has 0 unspecified atom stereocenters. The second-order valence-electron chi connectivity index (χ2n) is 10.5. The van der Waals surface area contributed by atoms with Crippen LogP contribution in [0, 0.1) is 27.7 Å². The third-order valence-corrected chi connectivity index (χ3v) is 7.10. The maximum Gasteiger partial charge on any atom is 0.255 e. The van der Waals surface area contributed by atoms with Crippen molar-refractivity contribution in [1.82, 2.24) is 0 Å². The summed E-state index contributed by atoms with van der Waals surface area (Å²) in [4.78, 5) is 25.9. The summed E-state index contributed by atoms with van der Waals surface area (Å²) in [6, 6.07) is 33.0. The van der Waals surface area contributed by atoms with Gasteiger partial charge in [-0.2, -0.15) is 20.5 Å². The molecule has 0 atom stereocenters. The second kappa shape index (κ2) is 13.5. The largest absolute Gasteiger partial charge is 0.322 e. The summed E-state index contributed by atoms with van der Waals surface area (Å²) in [6.45, 7) is 7.77. The van der Waals surface area contributed by atoms with Gasteiger partial charge in [-0.25, -0.2) is 0 Å². The van der Waals surface area contributed by atoms with Crippen molar-refractivity contribution in [3.05, 3.63) is 143 Å². The van der Waals surface area contributed by atoms with Gasteiger partial charge >= 0.3 is 0 Å². The molecule has 2 N–H and O–H groups in total. The number of carbonyl (C=O) groups is 2. The first-order valence-electron chi connectivity index (χ1n) is 14.2. The number of rotatable bonds is 8. The van der Waals surface area contributed by atoms with Crippen molar-refractivity contribution in [2.24, 2.45) is 20.5 Å². The molecular formula is C36H32N6O2. The van der Waals surface area contributed by atoms with Gasteiger partial charge in [0.2, 0.25) is 0 Å². The number of carbonyl (C=O) groups excluding carboxylic acids is 2. The molecule has 0 bridgehead atoms. The maximum atomic E-state index is 12.9. The van der Waals surface area contributed by atoms with E-state index in [2.05, 4.69) is 31.1 Å². The molecule has 218 valence electrons. The molecule has 0 aromatic heterocycles.